The van der Waals surface area contributed by atoms with Crippen molar-refractivity contribution >= 4 is 17.8 Å². The first-order chi connectivity index (χ1) is 12.0. The number of furan rings is 1. The Kier molecular flexibility index (Phi) is 6.00. The first-order valence-electron chi connectivity index (χ1n) is 7.74. The lowest BCUT2D eigenvalue weighted by atomic mass is 10.1. The molecule has 1 aromatic heterocycles. The number of hydrogen-bond acceptors (Lipinski definition) is 6. The van der Waals surface area contributed by atoms with Gasteiger partial charge in [-0.05, 0) is 31.2 Å². The standard InChI is InChI=1S/C19H20O6/c1-5-18(21)25-17-11-14(22-3)10-16(23-4)19(17)15(20)9-8-13-7-6-12(2)24-13/h6-11H,5H2,1-4H3/b9-8+. The Morgan fingerprint density at radius 3 is 2.40 bits per heavy atom. The van der Waals surface area contributed by atoms with Crippen LogP contribution in [0.15, 0.2) is 34.8 Å². The lowest BCUT2D eigenvalue weighted by molar-refractivity contribution is -0.134. The maximum Gasteiger partial charge on any atom is 0.310 e. The third kappa shape index (κ3) is 4.50. The Morgan fingerprint density at radius 1 is 1.12 bits per heavy atom. The van der Waals surface area contributed by atoms with Crippen molar-refractivity contribution in [1.29, 1.82) is 0 Å². The van der Waals surface area contributed by atoms with Crippen molar-refractivity contribution in [3.05, 3.63) is 47.4 Å². The molecule has 0 unspecified atom stereocenters. The minimum absolute atomic E-state index is 0.0910. The molecule has 0 bridgehead atoms. The molecule has 6 heteroatoms. The zero-order valence-electron chi connectivity index (χ0n) is 14.6. The van der Waals surface area contributed by atoms with Crippen molar-refractivity contribution in [3.63, 3.8) is 0 Å². The van der Waals surface area contributed by atoms with Gasteiger partial charge in [0.05, 0.1) is 14.2 Å². The van der Waals surface area contributed by atoms with E-state index in [1.807, 2.05) is 6.92 Å². The number of methoxy groups -OCH3 is 2. The zero-order chi connectivity index (χ0) is 18.4. The molecular formula is C19H20O6. The van der Waals surface area contributed by atoms with Gasteiger partial charge in [-0.15, -0.1) is 0 Å². The fourth-order valence-corrected chi connectivity index (χ4v) is 2.15. The molecular weight excluding hydrogens is 324 g/mol. The SMILES string of the molecule is CCC(=O)Oc1cc(OC)cc(OC)c1C(=O)/C=C/c1ccc(C)o1. The molecule has 0 atom stereocenters. The fourth-order valence-electron chi connectivity index (χ4n) is 2.15. The summed E-state index contributed by atoms with van der Waals surface area (Å²) in [5.74, 6) is 1.20. The van der Waals surface area contributed by atoms with E-state index in [0.717, 1.165) is 5.76 Å². The monoisotopic (exact) mass is 344 g/mol. The van der Waals surface area contributed by atoms with Gasteiger partial charge in [-0.1, -0.05) is 6.92 Å². The summed E-state index contributed by atoms with van der Waals surface area (Å²) in [6.45, 7) is 3.48. The largest absolute Gasteiger partial charge is 0.496 e. The van der Waals surface area contributed by atoms with Crippen LogP contribution in [-0.2, 0) is 4.79 Å². The zero-order valence-corrected chi connectivity index (χ0v) is 14.6. The topological polar surface area (TPSA) is 75.0 Å². The van der Waals surface area contributed by atoms with Crippen LogP contribution >= 0.6 is 0 Å². The van der Waals surface area contributed by atoms with Gasteiger partial charge in [0.25, 0.3) is 0 Å². The van der Waals surface area contributed by atoms with Gasteiger partial charge in [0.15, 0.2) is 5.78 Å². The molecule has 1 aromatic carbocycles. The second kappa shape index (κ2) is 8.19. The van der Waals surface area contributed by atoms with Crippen molar-refractivity contribution in [2.24, 2.45) is 0 Å². The highest BCUT2D eigenvalue weighted by Crippen LogP contribution is 2.35. The Hall–Kier alpha value is -3.02. The van der Waals surface area contributed by atoms with Gasteiger partial charge in [-0.3, -0.25) is 9.59 Å². The molecule has 0 amide bonds. The van der Waals surface area contributed by atoms with E-state index < -0.39 is 5.97 Å². The highest BCUT2D eigenvalue weighted by Gasteiger charge is 2.21. The van der Waals surface area contributed by atoms with Gasteiger partial charge in [0.1, 0.15) is 34.3 Å². The molecule has 0 fully saturated rings. The smallest absolute Gasteiger partial charge is 0.310 e. The second-order valence-electron chi connectivity index (χ2n) is 5.18. The lowest BCUT2D eigenvalue weighted by Gasteiger charge is -2.13. The van der Waals surface area contributed by atoms with E-state index in [2.05, 4.69) is 0 Å². The van der Waals surface area contributed by atoms with E-state index in [1.54, 1.807) is 31.2 Å². The third-order valence-corrected chi connectivity index (χ3v) is 3.41. The third-order valence-electron chi connectivity index (χ3n) is 3.41. The molecule has 0 aliphatic rings. The minimum Gasteiger partial charge on any atom is -0.496 e. The van der Waals surface area contributed by atoms with Gasteiger partial charge >= 0.3 is 5.97 Å². The van der Waals surface area contributed by atoms with Gasteiger partial charge in [-0.25, -0.2) is 0 Å². The van der Waals surface area contributed by atoms with Gasteiger partial charge in [-0.2, -0.15) is 0 Å². The predicted molar refractivity (Wildman–Crippen MR) is 92.3 cm³/mol. The predicted octanol–water partition coefficient (Wildman–Crippen LogP) is 3.82. The average Bonchev–Trinajstić information content (AvgIpc) is 3.03. The Bertz CT molecular complexity index is 800. The van der Waals surface area contributed by atoms with E-state index >= 15 is 0 Å². The van der Waals surface area contributed by atoms with Crippen LogP contribution in [0.1, 0.15) is 35.2 Å². The van der Waals surface area contributed by atoms with Crippen molar-refractivity contribution in [2.45, 2.75) is 20.3 Å². The van der Waals surface area contributed by atoms with Crippen LogP contribution < -0.4 is 14.2 Å². The summed E-state index contributed by atoms with van der Waals surface area (Å²) in [5.41, 5.74) is 0.143. The van der Waals surface area contributed by atoms with Crippen LogP contribution in [0.25, 0.3) is 6.08 Å². The van der Waals surface area contributed by atoms with Crippen molar-refractivity contribution in [3.8, 4) is 17.2 Å². The van der Waals surface area contributed by atoms with E-state index in [0.29, 0.717) is 11.5 Å². The van der Waals surface area contributed by atoms with Crippen LogP contribution in [0.5, 0.6) is 17.2 Å². The van der Waals surface area contributed by atoms with Crippen LogP contribution in [-0.4, -0.2) is 26.0 Å². The quantitative estimate of drug-likeness (QED) is 0.329. The Labute approximate surface area is 146 Å². The summed E-state index contributed by atoms with van der Waals surface area (Å²) < 4.78 is 21.1. The molecule has 1 heterocycles. The highest BCUT2D eigenvalue weighted by atomic mass is 16.5. The number of esters is 1. The van der Waals surface area contributed by atoms with Crippen molar-refractivity contribution < 1.29 is 28.2 Å². The first kappa shape index (κ1) is 18.3. The Balaban J connectivity index is 2.43. The number of hydrogen-bond donors (Lipinski definition) is 0. The van der Waals surface area contributed by atoms with Crippen LogP contribution in [0.4, 0.5) is 0 Å². The summed E-state index contributed by atoms with van der Waals surface area (Å²) in [6.07, 6.45) is 3.06. The summed E-state index contributed by atoms with van der Waals surface area (Å²) in [5, 5.41) is 0. The number of allylic oxidation sites excluding steroid dienone is 1. The maximum atomic E-state index is 12.7. The molecule has 0 aliphatic carbocycles. The molecule has 2 aromatic rings. The van der Waals surface area contributed by atoms with Crippen LogP contribution in [0.2, 0.25) is 0 Å². The molecule has 25 heavy (non-hydrogen) atoms. The first-order valence-corrected chi connectivity index (χ1v) is 7.74. The average molecular weight is 344 g/mol. The normalized spacial score (nSPS) is 10.7. The molecule has 0 spiro atoms. The molecule has 6 nitrogen and oxygen atoms in total. The van der Waals surface area contributed by atoms with Crippen LogP contribution in [0, 0.1) is 6.92 Å². The highest BCUT2D eigenvalue weighted by molar-refractivity contribution is 6.11. The van der Waals surface area contributed by atoms with Crippen molar-refractivity contribution in [1.82, 2.24) is 0 Å². The minimum atomic E-state index is -0.463. The maximum absolute atomic E-state index is 12.7. The van der Waals surface area contributed by atoms with Crippen LogP contribution in [0.3, 0.4) is 0 Å². The Morgan fingerprint density at radius 2 is 1.84 bits per heavy atom. The van der Waals surface area contributed by atoms with Gasteiger partial charge in [0, 0.05) is 18.6 Å². The molecule has 0 saturated carbocycles. The van der Waals surface area contributed by atoms with E-state index in [1.165, 1.54) is 26.4 Å². The van der Waals surface area contributed by atoms with E-state index in [-0.39, 0.29) is 29.3 Å². The fraction of sp³-hybridized carbons (Fsp3) is 0.263. The van der Waals surface area contributed by atoms with Gasteiger partial charge < -0.3 is 18.6 Å². The molecule has 0 radical (unpaired) electrons. The lowest BCUT2D eigenvalue weighted by Crippen LogP contribution is -2.10. The van der Waals surface area contributed by atoms with E-state index in [9.17, 15) is 9.59 Å². The number of rotatable bonds is 7. The number of carbonyl (C=O) groups is 2. The molecule has 0 aliphatic heterocycles. The van der Waals surface area contributed by atoms with Gasteiger partial charge in [0.2, 0.25) is 0 Å². The van der Waals surface area contributed by atoms with E-state index in [4.69, 9.17) is 18.6 Å². The summed E-state index contributed by atoms with van der Waals surface area (Å²) in [6, 6.07) is 6.59. The molecule has 132 valence electrons. The molecule has 0 N–H and O–H groups in total. The molecule has 0 saturated heterocycles. The number of aryl methyl sites for hydroxylation is 1. The summed E-state index contributed by atoms with van der Waals surface area (Å²) in [4.78, 5) is 24.3. The number of ether oxygens (including phenoxy) is 3. The number of carbonyl (C=O) groups excluding carboxylic acids is 2. The number of benzene rings is 1. The molecule has 2 rings (SSSR count). The number of ketones is 1. The summed E-state index contributed by atoms with van der Waals surface area (Å²) in [7, 11) is 2.90. The van der Waals surface area contributed by atoms with Crippen molar-refractivity contribution in [2.75, 3.05) is 14.2 Å². The second-order valence-corrected chi connectivity index (χ2v) is 5.18. The summed E-state index contributed by atoms with van der Waals surface area (Å²) >= 11 is 0.